The van der Waals surface area contributed by atoms with Gasteiger partial charge in [0.15, 0.2) is 6.20 Å². The molecule has 7 aromatic rings. The Labute approximate surface area is 180 Å². The van der Waals surface area contributed by atoms with Crippen LogP contribution in [0.15, 0.2) is 66.9 Å². The number of nitrogens with zero attached hydrogens (tertiary/aromatic N) is 2. The molecule has 0 aliphatic heterocycles. The van der Waals surface area contributed by atoms with Crippen molar-refractivity contribution < 1.29 is 4.57 Å². The van der Waals surface area contributed by atoms with Gasteiger partial charge in [0.25, 0.3) is 0 Å². The van der Waals surface area contributed by atoms with Crippen LogP contribution >= 0.6 is 0 Å². The molecule has 7 rings (SSSR count). The number of hydrogen-bond acceptors (Lipinski definition) is 0. The summed E-state index contributed by atoms with van der Waals surface area (Å²) in [4.78, 5) is 0. The maximum Gasteiger partial charge on any atom is 0.224 e. The quantitative estimate of drug-likeness (QED) is 0.149. The Hall–Kier alpha value is -3.65. The van der Waals surface area contributed by atoms with Gasteiger partial charge in [-0.05, 0) is 65.8 Å². The average Bonchev–Trinajstić information content (AvgIpc) is 3.09. The molecule has 0 atom stereocenters. The van der Waals surface area contributed by atoms with Crippen LogP contribution in [-0.2, 0) is 7.05 Å². The molecule has 0 N–H and O–H groups in total. The molecule has 31 heavy (non-hydrogen) atoms. The Morgan fingerprint density at radius 3 is 2.39 bits per heavy atom. The molecule has 0 spiro atoms. The minimum atomic E-state index is 1.29. The van der Waals surface area contributed by atoms with E-state index in [4.69, 9.17) is 0 Å². The van der Waals surface area contributed by atoms with Crippen LogP contribution in [0.1, 0.15) is 16.7 Å². The molecule has 0 amide bonds. The molecule has 3 heterocycles. The molecule has 148 valence electrons. The Morgan fingerprint density at radius 1 is 0.710 bits per heavy atom. The van der Waals surface area contributed by atoms with E-state index in [-0.39, 0.29) is 0 Å². The van der Waals surface area contributed by atoms with Crippen molar-refractivity contribution in [1.29, 1.82) is 0 Å². The molecule has 2 heteroatoms. The first-order valence-corrected chi connectivity index (χ1v) is 10.9. The fourth-order valence-corrected chi connectivity index (χ4v) is 6.00. The van der Waals surface area contributed by atoms with Crippen LogP contribution in [0.2, 0.25) is 0 Å². The SMILES string of the molecule is Cc1cc(C)c2c3ccc4cc[n+](C)c5c6c(C)c7ccccc7cc6n(c2c1)c3c45. The average molecular weight is 400 g/mol. The minimum absolute atomic E-state index is 1.29. The van der Waals surface area contributed by atoms with E-state index in [1.165, 1.54) is 76.5 Å². The maximum atomic E-state index is 2.54. The van der Waals surface area contributed by atoms with Crippen LogP contribution in [0, 0.1) is 20.8 Å². The number of hydrogen-bond donors (Lipinski definition) is 0. The molecule has 0 unspecified atom stereocenters. The summed E-state index contributed by atoms with van der Waals surface area (Å²) in [6.45, 7) is 6.74. The predicted molar refractivity (Wildman–Crippen MR) is 132 cm³/mol. The van der Waals surface area contributed by atoms with Gasteiger partial charge in [-0.2, -0.15) is 0 Å². The Kier molecular flexibility index (Phi) is 3.04. The molecule has 0 fully saturated rings. The van der Waals surface area contributed by atoms with E-state index in [2.05, 4.69) is 104 Å². The highest BCUT2D eigenvalue weighted by atomic mass is 15.0. The third-order valence-corrected chi connectivity index (χ3v) is 7.24. The number of benzene rings is 4. The topological polar surface area (TPSA) is 8.29 Å². The lowest BCUT2D eigenvalue weighted by Crippen LogP contribution is -2.28. The third kappa shape index (κ3) is 1.96. The van der Waals surface area contributed by atoms with E-state index >= 15 is 0 Å². The Balaban J connectivity index is 1.98. The molecule has 2 nitrogen and oxygen atoms in total. The molecule has 0 saturated heterocycles. The standard InChI is InChI=1S/C29H23N2/c1-16-13-17(2)25-22-10-9-19-11-12-30(4)29-26-18(3)21-8-6-5-7-20(21)15-24(26)31(23(25)14-16)28(22)27(19)29/h5-15H,1-4H3/q+1. The molecular formula is C29H23N2+. The number of pyridine rings is 2. The monoisotopic (exact) mass is 399 g/mol. The van der Waals surface area contributed by atoms with E-state index in [0.29, 0.717) is 0 Å². The molecule has 0 aliphatic rings. The first kappa shape index (κ1) is 17.1. The lowest BCUT2D eigenvalue weighted by molar-refractivity contribution is -0.643. The van der Waals surface area contributed by atoms with Gasteiger partial charge in [0.2, 0.25) is 5.52 Å². The van der Waals surface area contributed by atoms with Crippen molar-refractivity contribution in [2.24, 2.45) is 7.05 Å². The zero-order valence-electron chi connectivity index (χ0n) is 18.2. The highest BCUT2D eigenvalue weighted by Gasteiger charge is 2.25. The van der Waals surface area contributed by atoms with Gasteiger partial charge in [-0.25, -0.2) is 4.57 Å². The molecule has 4 aromatic carbocycles. The summed E-state index contributed by atoms with van der Waals surface area (Å²) >= 11 is 0. The largest absolute Gasteiger partial charge is 0.307 e. The zero-order chi connectivity index (χ0) is 21.0. The number of aryl methyl sites for hydroxylation is 4. The van der Waals surface area contributed by atoms with E-state index in [1.54, 1.807) is 0 Å². The van der Waals surface area contributed by atoms with Gasteiger partial charge in [0, 0.05) is 16.8 Å². The summed E-state index contributed by atoms with van der Waals surface area (Å²) in [6, 6.07) is 22.7. The third-order valence-electron chi connectivity index (χ3n) is 7.24. The second-order valence-corrected chi connectivity index (χ2v) is 9.13. The van der Waals surface area contributed by atoms with Crippen LogP contribution in [0.3, 0.4) is 0 Å². The van der Waals surface area contributed by atoms with Crippen molar-refractivity contribution in [3.63, 3.8) is 0 Å². The lowest BCUT2D eigenvalue weighted by Gasteiger charge is -2.14. The smallest absolute Gasteiger partial charge is 0.224 e. The summed E-state index contributed by atoms with van der Waals surface area (Å²) in [7, 11) is 2.18. The van der Waals surface area contributed by atoms with E-state index in [1.807, 2.05) is 0 Å². The molecule has 0 aliphatic carbocycles. The second kappa shape index (κ2) is 5.53. The first-order valence-electron chi connectivity index (χ1n) is 10.9. The second-order valence-electron chi connectivity index (χ2n) is 9.13. The van der Waals surface area contributed by atoms with Crippen molar-refractivity contribution in [1.82, 2.24) is 4.40 Å². The van der Waals surface area contributed by atoms with E-state index in [0.717, 1.165) is 0 Å². The number of fused-ring (bicyclic) bond motifs is 7. The van der Waals surface area contributed by atoms with Gasteiger partial charge < -0.3 is 4.40 Å². The highest BCUT2D eigenvalue weighted by molar-refractivity contribution is 6.28. The summed E-state index contributed by atoms with van der Waals surface area (Å²) in [6.07, 6.45) is 2.20. The number of aromatic nitrogens is 2. The maximum absolute atomic E-state index is 2.54. The van der Waals surface area contributed by atoms with Crippen molar-refractivity contribution in [3.8, 4) is 0 Å². The summed E-state index contributed by atoms with van der Waals surface area (Å²) < 4.78 is 4.84. The molecule has 0 radical (unpaired) electrons. The normalized spacial score (nSPS) is 12.5. The van der Waals surface area contributed by atoms with Gasteiger partial charge in [0.05, 0.1) is 27.3 Å². The van der Waals surface area contributed by atoms with Crippen LogP contribution in [0.4, 0.5) is 0 Å². The van der Waals surface area contributed by atoms with Gasteiger partial charge >= 0.3 is 0 Å². The fraction of sp³-hybridized carbons (Fsp3) is 0.138. The number of rotatable bonds is 0. The Morgan fingerprint density at radius 2 is 1.52 bits per heavy atom. The molecule has 0 saturated carbocycles. The van der Waals surface area contributed by atoms with E-state index < -0.39 is 0 Å². The van der Waals surface area contributed by atoms with Gasteiger partial charge in [-0.1, -0.05) is 42.5 Å². The van der Waals surface area contributed by atoms with Gasteiger partial charge in [-0.15, -0.1) is 0 Å². The van der Waals surface area contributed by atoms with Crippen molar-refractivity contribution in [3.05, 3.63) is 83.6 Å². The molecular weight excluding hydrogens is 376 g/mol. The van der Waals surface area contributed by atoms with Crippen LogP contribution < -0.4 is 4.57 Å². The molecule has 3 aromatic heterocycles. The van der Waals surface area contributed by atoms with Crippen LogP contribution in [-0.4, -0.2) is 4.40 Å². The predicted octanol–water partition coefficient (Wildman–Crippen LogP) is 6.89. The lowest BCUT2D eigenvalue weighted by atomic mass is 9.96. The first-order chi connectivity index (χ1) is 15.0. The summed E-state index contributed by atoms with van der Waals surface area (Å²) in [5.41, 5.74) is 9.28. The van der Waals surface area contributed by atoms with Crippen molar-refractivity contribution in [2.75, 3.05) is 0 Å². The molecule has 0 bridgehead atoms. The minimum Gasteiger partial charge on any atom is -0.307 e. The van der Waals surface area contributed by atoms with Crippen molar-refractivity contribution in [2.45, 2.75) is 20.8 Å². The van der Waals surface area contributed by atoms with Gasteiger partial charge in [0.1, 0.15) is 7.05 Å². The van der Waals surface area contributed by atoms with Crippen LogP contribution in [0.25, 0.3) is 59.8 Å². The fourth-order valence-electron chi connectivity index (χ4n) is 6.00. The Bertz CT molecular complexity index is 1870. The van der Waals surface area contributed by atoms with Crippen molar-refractivity contribution >= 4 is 59.8 Å². The summed E-state index contributed by atoms with van der Waals surface area (Å²) in [5.74, 6) is 0. The van der Waals surface area contributed by atoms with E-state index in [9.17, 15) is 0 Å². The highest BCUT2D eigenvalue weighted by Crippen LogP contribution is 2.43. The van der Waals surface area contributed by atoms with Gasteiger partial charge in [-0.3, -0.25) is 0 Å². The summed E-state index contributed by atoms with van der Waals surface area (Å²) in [5, 5.41) is 9.37. The zero-order valence-corrected chi connectivity index (χ0v) is 18.2. The van der Waals surface area contributed by atoms with Crippen LogP contribution in [0.5, 0.6) is 0 Å².